The molecule has 2 fully saturated rings. The minimum atomic E-state index is -0.0409. The van der Waals surface area contributed by atoms with Crippen LogP contribution in [0.5, 0.6) is 0 Å². The second kappa shape index (κ2) is 9.27. The Kier molecular flexibility index (Phi) is 7.70. The minimum Gasteiger partial charge on any atom is -0.393 e. The van der Waals surface area contributed by atoms with E-state index in [-0.39, 0.29) is 12.2 Å². The van der Waals surface area contributed by atoms with E-state index in [1.165, 1.54) is 51.4 Å². The Morgan fingerprint density at radius 1 is 0.773 bits per heavy atom. The van der Waals surface area contributed by atoms with Crippen molar-refractivity contribution >= 4 is 0 Å². The molecule has 0 spiro atoms. The highest BCUT2D eigenvalue weighted by molar-refractivity contribution is 4.88. The molecule has 130 valence electrons. The smallest absolute Gasteiger partial charge is 0.0540 e. The first-order valence-corrected chi connectivity index (χ1v) is 10.0. The van der Waals surface area contributed by atoms with Crippen LogP contribution in [-0.2, 0) is 0 Å². The summed E-state index contributed by atoms with van der Waals surface area (Å²) in [5.74, 6) is 3.35. The van der Waals surface area contributed by atoms with Gasteiger partial charge in [0, 0.05) is 0 Å². The molecule has 2 aliphatic carbocycles. The Bertz CT molecular complexity index is 260. The molecule has 1 unspecified atom stereocenters. The van der Waals surface area contributed by atoms with Crippen LogP contribution in [0.25, 0.3) is 0 Å². The van der Waals surface area contributed by atoms with Gasteiger partial charge in [-0.15, -0.1) is 0 Å². The highest BCUT2D eigenvalue weighted by atomic mass is 16.3. The maximum atomic E-state index is 9.86. The van der Waals surface area contributed by atoms with Gasteiger partial charge >= 0.3 is 0 Å². The van der Waals surface area contributed by atoms with Crippen molar-refractivity contribution in [3.8, 4) is 0 Å². The molecule has 22 heavy (non-hydrogen) atoms. The summed E-state index contributed by atoms with van der Waals surface area (Å²) in [6, 6.07) is 0. The lowest BCUT2D eigenvalue weighted by Gasteiger charge is -2.43. The molecule has 1 atom stereocenters. The van der Waals surface area contributed by atoms with Crippen molar-refractivity contribution in [2.24, 2.45) is 23.7 Å². The summed E-state index contributed by atoms with van der Waals surface area (Å²) in [5.41, 5.74) is 0. The number of rotatable bonds is 7. The highest BCUT2D eigenvalue weighted by Gasteiger charge is 2.37. The molecule has 2 heteroatoms. The fourth-order valence-corrected chi connectivity index (χ4v) is 5.26. The van der Waals surface area contributed by atoms with E-state index < -0.39 is 0 Å². The second-order valence-electron chi connectivity index (χ2n) is 8.03. The largest absolute Gasteiger partial charge is 0.393 e. The molecule has 0 amide bonds. The predicted octanol–water partition coefficient (Wildman–Crippen LogP) is 4.92. The third kappa shape index (κ3) is 4.96. The zero-order valence-corrected chi connectivity index (χ0v) is 14.8. The first-order valence-electron chi connectivity index (χ1n) is 10.0. The Hall–Kier alpha value is -0.0800. The molecular formula is C20H38O2. The van der Waals surface area contributed by atoms with Crippen LogP contribution in [0.1, 0.15) is 90.9 Å². The molecule has 0 aromatic heterocycles. The van der Waals surface area contributed by atoms with Gasteiger partial charge < -0.3 is 10.2 Å². The van der Waals surface area contributed by atoms with E-state index in [1.807, 2.05) is 0 Å². The third-order valence-electron chi connectivity index (χ3n) is 6.57. The quantitative estimate of drug-likeness (QED) is 0.700. The standard InChI is InChI=1S/C20H38O2/c1-3-5-6-15(4-2)20(16-7-11-18(21)12-8-16)17-9-13-19(22)14-10-17/h15-22H,3-14H2,1-2H3. The van der Waals surface area contributed by atoms with E-state index in [4.69, 9.17) is 0 Å². The van der Waals surface area contributed by atoms with Crippen LogP contribution in [0.4, 0.5) is 0 Å². The summed E-state index contributed by atoms with van der Waals surface area (Å²) in [7, 11) is 0. The Labute approximate surface area is 137 Å². The van der Waals surface area contributed by atoms with Crippen LogP contribution in [0.2, 0.25) is 0 Å². The normalized spacial score (nSPS) is 36.0. The molecule has 0 radical (unpaired) electrons. The predicted molar refractivity (Wildman–Crippen MR) is 92.7 cm³/mol. The average molecular weight is 311 g/mol. The maximum absolute atomic E-state index is 9.86. The lowest BCUT2D eigenvalue weighted by Crippen LogP contribution is -2.36. The van der Waals surface area contributed by atoms with Crippen LogP contribution < -0.4 is 0 Å². The summed E-state index contributed by atoms with van der Waals surface area (Å²) in [6.45, 7) is 4.68. The molecule has 2 nitrogen and oxygen atoms in total. The van der Waals surface area contributed by atoms with E-state index >= 15 is 0 Å². The summed E-state index contributed by atoms with van der Waals surface area (Å²) < 4.78 is 0. The summed E-state index contributed by atoms with van der Waals surface area (Å²) in [4.78, 5) is 0. The van der Waals surface area contributed by atoms with Crippen LogP contribution in [0, 0.1) is 23.7 Å². The highest BCUT2D eigenvalue weighted by Crippen LogP contribution is 2.45. The van der Waals surface area contributed by atoms with Gasteiger partial charge in [0.1, 0.15) is 0 Å². The van der Waals surface area contributed by atoms with Crippen molar-refractivity contribution in [2.75, 3.05) is 0 Å². The van der Waals surface area contributed by atoms with Gasteiger partial charge in [-0.05, 0) is 75.0 Å². The average Bonchev–Trinajstić information content (AvgIpc) is 2.54. The van der Waals surface area contributed by atoms with Gasteiger partial charge in [-0.3, -0.25) is 0 Å². The SMILES string of the molecule is CCCCC(CC)C(C1CCC(O)CC1)C1CCC(O)CC1. The fourth-order valence-electron chi connectivity index (χ4n) is 5.26. The Morgan fingerprint density at radius 2 is 1.23 bits per heavy atom. The fraction of sp³-hybridized carbons (Fsp3) is 1.00. The zero-order valence-electron chi connectivity index (χ0n) is 14.8. The topological polar surface area (TPSA) is 40.5 Å². The van der Waals surface area contributed by atoms with Crippen molar-refractivity contribution in [3.63, 3.8) is 0 Å². The number of aliphatic hydroxyl groups is 2. The van der Waals surface area contributed by atoms with Crippen LogP contribution in [-0.4, -0.2) is 22.4 Å². The van der Waals surface area contributed by atoms with Crippen LogP contribution >= 0.6 is 0 Å². The van der Waals surface area contributed by atoms with Crippen molar-refractivity contribution in [2.45, 2.75) is 103 Å². The van der Waals surface area contributed by atoms with Crippen molar-refractivity contribution < 1.29 is 10.2 Å². The molecule has 2 saturated carbocycles. The van der Waals surface area contributed by atoms with Crippen molar-refractivity contribution in [1.29, 1.82) is 0 Å². The maximum Gasteiger partial charge on any atom is 0.0540 e. The van der Waals surface area contributed by atoms with Gasteiger partial charge in [0.15, 0.2) is 0 Å². The van der Waals surface area contributed by atoms with E-state index in [1.54, 1.807) is 0 Å². The number of hydrogen-bond donors (Lipinski definition) is 2. The molecule has 0 bridgehead atoms. The lowest BCUT2D eigenvalue weighted by atomic mass is 9.63. The van der Waals surface area contributed by atoms with Crippen molar-refractivity contribution in [1.82, 2.24) is 0 Å². The molecule has 0 aliphatic heterocycles. The molecule has 0 saturated heterocycles. The molecule has 2 rings (SSSR count). The van der Waals surface area contributed by atoms with Gasteiger partial charge in [0.05, 0.1) is 12.2 Å². The van der Waals surface area contributed by atoms with Crippen LogP contribution in [0.3, 0.4) is 0 Å². The van der Waals surface area contributed by atoms with Crippen LogP contribution in [0.15, 0.2) is 0 Å². The van der Waals surface area contributed by atoms with Crippen molar-refractivity contribution in [3.05, 3.63) is 0 Å². The molecule has 0 aromatic rings. The summed E-state index contributed by atoms with van der Waals surface area (Å²) in [6.07, 6.45) is 14.3. The van der Waals surface area contributed by atoms with E-state index in [2.05, 4.69) is 13.8 Å². The lowest BCUT2D eigenvalue weighted by molar-refractivity contribution is 0.0188. The van der Waals surface area contributed by atoms with Gasteiger partial charge in [0.2, 0.25) is 0 Å². The Balaban J connectivity index is 2.04. The van der Waals surface area contributed by atoms with E-state index in [0.717, 1.165) is 49.4 Å². The molecule has 2 aliphatic rings. The van der Waals surface area contributed by atoms with Gasteiger partial charge in [-0.1, -0.05) is 39.5 Å². The molecular weight excluding hydrogens is 272 g/mol. The first kappa shape index (κ1) is 18.3. The second-order valence-corrected chi connectivity index (χ2v) is 8.03. The summed E-state index contributed by atoms with van der Waals surface area (Å²) >= 11 is 0. The minimum absolute atomic E-state index is 0.0409. The molecule has 0 aromatic carbocycles. The monoisotopic (exact) mass is 310 g/mol. The third-order valence-corrected chi connectivity index (χ3v) is 6.57. The van der Waals surface area contributed by atoms with Gasteiger partial charge in [-0.2, -0.15) is 0 Å². The zero-order chi connectivity index (χ0) is 15.9. The number of hydrogen-bond acceptors (Lipinski definition) is 2. The van der Waals surface area contributed by atoms with Gasteiger partial charge in [0.25, 0.3) is 0 Å². The number of unbranched alkanes of at least 4 members (excludes halogenated alkanes) is 1. The number of aliphatic hydroxyl groups excluding tert-OH is 2. The van der Waals surface area contributed by atoms with Gasteiger partial charge in [-0.25, -0.2) is 0 Å². The molecule has 0 heterocycles. The van der Waals surface area contributed by atoms with E-state index in [0.29, 0.717) is 0 Å². The Morgan fingerprint density at radius 3 is 1.59 bits per heavy atom. The summed E-state index contributed by atoms with van der Waals surface area (Å²) in [5, 5.41) is 19.7. The first-order chi connectivity index (χ1) is 10.7. The van der Waals surface area contributed by atoms with E-state index in [9.17, 15) is 10.2 Å². The molecule has 2 N–H and O–H groups in total.